The highest BCUT2D eigenvalue weighted by Crippen LogP contribution is 2.28. The number of hydrogen-bond acceptors (Lipinski definition) is 4. The van der Waals surface area contributed by atoms with Crippen molar-refractivity contribution in [1.82, 2.24) is 19.3 Å². The minimum absolute atomic E-state index is 0.0744. The minimum atomic E-state index is -0.300. The van der Waals surface area contributed by atoms with E-state index in [0.29, 0.717) is 12.4 Å². The van der Waals surface area contributed by atoms with Crippen molar-refractivity contribution in [2.45, 2.75) is 43.8 Å². The van der Waals surface area contributed by atoms with Crippen LogP contribution in [-0.4, -0.2) is 30.5 Å². The third-order valence-electron chi connectivity index (χ3n) is 3.99. The van der Waals surface area contributed by atoms with Gasteiger partial charge < -0.3 is 9.88 Å². The maximum absolute atomic E-state index is 12.6. The molecule has 7 heteroatoms. The Morgan fingerprint density at radius 2 is 2.08 bits per heavy atom. The van der Waals surface area contributed by atoms with Crippen LogP contribution in [0.2, 0.25) is 0 Å². The molecule has 26 heavy (non-hydrogen) atoms. The average Bonchev–Trinajstić information content (AvgIpc) is 3.20. The van der Waals surface area contributed by atoms with Crippen molar-refractivity contribution in [3.63, 3.8) is 0 Å². The number of hydrogen-bond donors (Lipinski definition) is 1. The van der Waals surface area contributed by atoms with E-state index < -0.39 is 0 Å². The molecule has 2 aromatic heterocycles. The topological polar surface area (TPSA) is 64.7 Å². The third kappa shape index (κ3) is 3.67. The molecule has 1 N–H and O–H groups in total. The number of aromatic nitrogens is 4. The largest absolute Gasteiger partial charge is 0.315 e. The molecule has 0 radical (unpaired) electrons. The fourth-order valence-electron chi connectivity index (χ4n) is 2.71. The summed E-state index contributed by atoms with van der Waals surface area (Å²) in [7, 11) is 0. The Balaban J connectivity index is 1.79. The number of fused-ring (bicyclic) bond motifs is 1. The average molecular weight is 369 g/mol. The van der Waals surface area contributed by atoms with Crippen molar-refractivity contribution in [2.24, 2.45) is 0 Å². The first kappa shape index (κ1) is 18.3. The second kappa shape index (κ2) is 7.78. The van der Waals surface area contributed by atoms with Crippen LogP contribution in [0.4, 0.5) is 5.82 Å². The number of nitrogens with one attached hydrogen (secondary N) is 1. The third-order valence-corrected chi connectivity index (χ3v) is 5.08. The molecule has 0 saturated heterocycles. The summed E-state index contributed by atoms with van der Waals surface area (Å²) in [5.41, 5.74) is 1.96. The molecule has 1 atom stereocenters. The van der Waals surface area contributed by atoms with Crippen molar-refractivity contribution in [3.8, 4) is 0 Å². The summed E-state index contributed by atoms with van der Waals surface area (Å²) in [5, 5.41) is 7.72. The Kier molecular flexibility index (Phi) is 5.46. The summed E-state index contributed by atoms with van der Waals surface area (Å²) in [6, 6.07) is 9.95. The second-order valence-electron chi connectivity index (χ2n) is 6.29. The van der Waals surface area contributed by atoms with Gasteiger partial charge in [0.05, 0.1) is 22.5 Å². The monoisotopic (exact) mass is 369 g/mol. The highest BCUT2D eigenvalue weighted by molar-refractivity contribution is 8.00. The molecule has 3 rings (SSSR count). The summed E-state index contributed by atoms with van der Waals surface area (Å²) in [4.78, 5) is 17.3. The second-order valence-corrected chi connectivity index (χ2v) is 7.59. The normalized spacial score (nSPS) is 12.5. The van der Waals surface area contributed by atoms with E-state index in [1.54, 1.807) is 10.9 Å². The van der Waals surface area contributed by atoms with Gasteiger partial charge in [-0.05, 0) is 32.9 Å². The van der Waals surface area contributed by atoms with Crippen molar-refractivity contribution in [3.05, 3.63) is 49.2 Å². The number of para-hydroxylation sites is 2. The van der Waals surface area contributed by atoms with Gasteiger partial charge in [0.2, 0.25) is 5.91 Å². The summed E-state index contributed by atoms with van der Waals surface area (Å²) >= 11 is 1.44. The van der Waals surface area contributed by atoms with Gasteiger partial charge in [-0.25, -0.2) is 9.67 Å². The Morgan fingerprint density at radius 1 is 1.31 bits per heavy atom. The predicted octanol–water partition coefficient (Wildman–Crippen LogP) is 4.12. The van der Waals surface area contributed by atoms with Gasteiger partial charge in [-0.3, -0.25) is 4.79 Å². The van der Waals surface area contributed by atoms with Crippen LogP contribution in [0, 0.1) is 0 Å². The van der Waals surface area contributed by atoms with Gasteiger partial charge in [-0.15, -0.1) is 6.58 Å². The molecule has 0 aliphatic rings. The lowest BCUT2D eigenvalue weighted by Crippen LogP contribution is -2.25. The smallest absolute Gasteiger partial charge is 0.238 e. The molecule has 0 spiro atoms. The van der Waals surface area contributed by atoms with Gasteiger partial charge in [-0.2, -0.15) is 5.10 Å². The highest BCUT2D eigenvalue weighted by Gasteiger charge is 2.20. The number of allylic oxidation sites excluding steroid dienone is 1. The molecule has 1 aromatic carbocycles. The number of rotatable bonds is 7. The number of benzene rings is 1. The van der Waals surface area contributed by atoms with Crippen LogP contribution in [0.25, 0.3) is 11.0 Å². The zero-order chi connectivity index (χ0) is 18.7. The standard InChI is InChI=1S/C19H23N5OS/c1-5-12-23-16-9-7-6-8-15(16)21-19(23)26-14(4)18(25)22-17-10-11-20-24(17)13(2)3/h5-11,13-14H,1,12H2,2-4H3,(H,22,25). The van der Waals surface area contributed by atoms with E-state index >= 15 is 0 Å². The molecule has 1 amide bonds. The molecule has 2 heterocycles. The lowest BCUT2D eigenvalue weighted by Gasteiger charge is -2.15. The molecule has 0 saturated carbocycles. The number of thioether (sulfide) groups is 1. The molecule has 0 fully saturated rings. The van der Waals surface area contributed by atoms with Crippen molar-refractivity contribution in [2.75, 3.05) is 5.32 Å². The van der Waals surface area contributed by atoms with Crippen LogP contribution in [0.15, 0.2) is 54.3 Å². The lowest BCUT2D eigenvalue weighted by molar-refractivity contribution is -0.115. The zero-order valence-electron chi connectivity index (χ0n) is 15.2. The first-order valence-corrected chi connectivity index (χ1v) is 9.46. The van der Waals surface area contributed by atoms with E-state index in [-0.39, 0.29) is 17.2 Å². The van der Waals surface area contributed by atoms with Gasteiger partial charge in [-0.1, -0.05) is 30.0 Å². The molecule has 0 aliphatic carbocycles. The van der Waals surface area contributed by atoms with E-state index in [9.17, 15) is 4.79 Å². The van der Waals surface area contributed by atoms with Crippen LogP contribution < -0.4 is 5.32 Å². The van der Waals surface area contributed by atoms with Gasteiger partial charge in [0.15, 0.2) is 5.16 Å². The quantitative estimate of drug-likeness (QED) is 0.503. The molecule has 6 nitrogen and oxygen atoms in total. The predicted molar refractivity (Wildman–Crippen MR) is 106 cm³/mol. The van der Waals surface area contributed by atoms with E-state index in [2.05, 4.69) is 26.5 Å². The van der Waals surface area contributed by atoms with Gasteiger partial charge in [0.25, 0.3) is 0 Å². The maximum Gasteiger partial charge on any atom is 0.238 e. The molecular weight excluding hydrogens is 346 g/mol. The first-order chi connectivity index (χ1) is 12.5. The van der Waals surface area contributed by atoms with Crippen LogP contribution in [-0.2, 0) is 11.3 Å². The SMILES string of the molecule is C=CCn1c(SC(C)C(=O)Nc2ccnn2C(C)C)nc2ccccc21. The Bertz CT molecular complexity index is 927. The highest BCUT2D eigenvalue weighted by atomic mass is 32.2. The molecule has 0 bridgehead atoms. The number of imidazole rings is 1. The molecular formula is C19H23N5OS. The van der Waals surface area contributed by atoms with Crippen molar-refractivity contribution < 1.29 is 4.79 Å². The summed E-state index contributed by atoms with van der Waals surface area (Å²) < 4.78 is 3.87. The van der Waals surface area contributed by atoms with Gasteiger partial charge in [0.1, 0.15) is 5.82 Å². The molecule has 3 aromatic rings. The van der Waals surface area contributed by atoms with Crippen LogP contribution in [0.5, 0.6) is 0 Å². The van der Waals surface area contributed by atoms with Crippen LogP contribution >= 0.6 is 11.8 Å². The number of anilines is 1. The van der Waals surface area contributed by atoms with Crippen molar-refractivity contribution >= 4 is 34.5 Å². The Morgan fingerprint density at radius 3 is 2.81 bits per heavy atom. The number of amides is 1. The van der Waals surface area contributed by atoms with Gasteiger partial charge >= 0.3 is 0 Å². The van der Waals surface area contributed by atoms with E-state index in [1.165, 1.54) is 11.8 Å². The van der Waals surface area contributed by atoms with Crippen LogP contribution in [0.3, 0.4) is 0 Å². The molecule has 0 aliphatic heterocycles. The van der Waals surface area contributed by atoms with Gasteiger partial charge in [0, 0.05) is 18.7 Å². The molecule has 136 valence electrons. The lowest BCUT2D eigenvalue weighted by atomic mass is 10.3. The van der Waals surface area contributed by atoms with Crippen LogP contribution in [0.1, 0.15) is 26.8 Å². The Hall–Kier alpha value is -2.54. The minimum Gasteiger partial charge on any atom is -0.315 e. The fourth-order valence-corrected chi connectivity index (χ4v) is 3.65. The molecule has 1 unspecified atom stereocenters. The number of nitrogens with zero attached hydrogens (tertiary/aromatic N) is 4. The van der Waals surface area contributed by atoms with Crippen molar-refractivity contribution in [1.29, 1.82) is 0 Å². The first-order valence-electron chi connectivity index (χ1n) is 8.58. The summed E-state index contributed by atoms with van der Waals surface area (Å²) in [6.45, 7) is 10.4. The van der Waals surface area contributed by atoms with E-state index in [4.69, 9.17) is 0 Å². The summed E-state index contributed by atoms with van der Waals surface area (Å²) in [6.07, 6.45) is 3.53. The number of carbonyl (C=O) groups excluding carboxylic acids is 1. The Labute approximate surface area is 157 Å². The van der Waals surface area contributed by atoms with E-state index in [0.717, 1.165) is 16.2 Å². The maximum atomic E-state index is 12.6. The summed E-state index contributed by atoms with van der Waals surface area (Å²) in [5.74, 6) is 0.631. The zero-order valence-corrected chi connectivity index (χ0v) is 16.0. The fraction of sp³-hybridized carbons (Fsp3) is 0.316. The number of carbonyl (C=O) groups is 1. The van der Waals surface area contributed by atoms with E-state index in [1.807, 2.05) is 57.2 Å².